The van der Waals surface area contributed by atoms with E-state index in [0.29, 0.717) is 6.10 Å². The average molecular weight is 384 g/mol. The Balaban J connectivity index is 2.18. The number of fused-ring (bicyclic) bond motifs is 3. The van der Waals surface area contributed by atoms with Crippen molar-refractivity contribution in [3.05, 3.63) is 21.3 Å². The lowest BCUT2D eigenvalue weighted by atomic mass is 10.1. The van der Waals surface area contributed by atoms with Crippen molar-refractivity contribution in [2.45, 2.75) is 52.2 Å². The summed E-state index contributed by atoms with van der Waals surface area (Å²) in [5, 5.41) is 1.28. The number of nitrogen functional groups attached to an aromatic ring is 1. The summed E-state index contributed by atoms with van der Waals surface area (Å²) in [6, 6.07) is 4.27. The molecule has 1 aromatic carbocycles. The molecule has 0 saturated heterocycles. The normalized spacial score (nSPS) is 17.4. The van der Waals surface area contributed by atoms with E-state index in [1.54, 1.807) is 0 Å². The summed E-state index contributed by atoms with van der Waals surface area (Å²) < 4.78 is 9.49. The zero-order valence-corrected chi connectivity index (χ0v) is 14.2. The van der Waals surface area contributed by atoms with E-state index in [-0.39, 0.29) is 0 Å². The summed E-state index contributed by atoms with van der Waals surface area (Å²) in [6.45, 7) is 5.39. The van der Waals surface area contributed by atoms with Gasteiger partial charge in [-0.05, 0) is 47.6 Å². The van der Waals surface area contributed by atoms with Gasteiger partial charge in [0, 0.05) is 23.9 Å². The number of ether oxygens (including phenoxy) is 1. The number of aryl methyl sites for hydroxylation is 1. The molecule has 1 unspecified atom stereocenters. The molecule has 108 valence electrons. The number of anilines is 1. The first-order chi connectivity index (χ1) is 9.67. The van der Waals surface area contributed by atoms with Gasteiger partial charge >= 0.3 is 0 Å². The van der Waals surface area contributed by atoms with Gasteiger partial charge < -0.3 is 15.0 Å². The van der Waals surface area contributed by atoms with Gasteiger partial charge in [-0.1, -0.05) is 20.3 Å². The summed E-state index contributed by atoms with van der Waals surface area (Å²) in [6.07, 6.45) is 4.72. The Hall–Kier alpha value is -0.910. The first kappa shape index (κ1) is 14.0. The van der Waals surface area contributed by atoms with Crippen molar-refractivity contribution in [3.8, 4) is 5.75 Å². The molecule has 2 heterocycles. The standard InChI is InChI=1S/C16H21IN2O/c1-3-5-8-19-15-11(14(17)16(19)18)6-7-13-12(15)9-10(4-2)20-13/h6-7,10H,3-5,8-9,18H2,1-2H3. The fraction of sp³-hybridized carbons (Fsp3) is 0.500. The highest BCUT2D eigenvalue weighted by Crippen LogP contribution is 2.40. The second-order valence-corrected chi connectivity index (χ2v) is 6.57. The number of hydrogen-bond donors (Lipinski definition) is 1. The van der Waals surface area contributed by atoms with Gasteiger partial charge in [0.15, 0.2) is 0 Å². The van der Waals surface area contributed by atoms with E-state index < -0.39 is 0 Å². The number of unbranched alkanes of at least 4 members (excludes halogenated alkanes) is 1. The van der Waals surface area contributed by atoms with Crippen molar-refractivity contribution in [1.29, 1.82) is 0 Å². The molecule has 0 bridgehead atoms. The number of hydrogen-bond acceptors (Lipinski definition) is 2. The molecule has 1 aromatic heterocycles. The van der Waals surface area contributed by atoms with Crippen LogP contribution in [0.5, 0.6) is 5.75 Å². The molecule has 20 heavy (non-hydrogen) atoms. The maximum atomic E-state index is 6.33. The number of aromatic nitrogens is 1. The third kappa shape index (κ3) is 2.08. The van der Waals surface area contributed by atoms with E-state index in [2.05, 4.69) is 53.1 Å². The van der Waals surface area contributed by atoms with Gasteiger partial charge in [-0.15, -0.1) is 0 Å². The van der Waals surface area contributed by atoms with Gasteiger partial charge in [0.25, 0.3) is 0 Å². The van der Waals surface area contributed by atoms with E-state index in [9.17, 15) is 0 Å². The molecule has 4 heteroatoms. The monoisotopic (exact) mass is 384 g/mol. The number of halogens is 1. The molecule has 0 aliphatic carbocycles. The second kappa shape index (κ2) is 5.47. The molecule has 1 aliphatic rings. The largest absolute Gasteiger partial charge is 0.490 e. The molecular weight excluding hydrogens is 363 g/mol. The Kier molecular flexibility index (Phi) is 3.84. The molecule has 0 radical (unpaired) electrons. The van der Waals surface area contributed by atoms with Crippen LogP contribution in [-0.2, 0) is 13.0 Å². The van der Waals surface area contributed by atoms with Crippen LogP contribution in [0.1, 0.15) is 38.7 Å². The topological polar surface area (TPSA) is 40.2 Å². The summed E-state index contributed by atoms with van der Waals surface area (Å²) in [5.74, 6) is 1.96. The average Bonchev–Trinajstić information content (AvgIpc) is 2.98. The highest BCUT2D eigenvalue weighted by atomic mass is 127. The Labute approximate surface area is 133 Å². The molecule has 2 aromatic rings. The number of rotatable bonds is 4. The highest BCUT2D eigenvalue weighted by Gasteiger charge is 2.27. The fourth-order valence-electron chi connectivity index (χ4n) is 3.01. The van der Waals surface area contributed by atoms with Crippen LogP contribution in [0.25, 0.3) is 10.9 Å². The molecule has 0 spiro atoms. The maximum Gasteiger partial charge on any atom is 0.125 e. The van der Waals surface area contributed by atoms with E-state index in [0.717, 1.165) is 37.4 Å². The van der Waals surface area contributed by atoms with Crippen LogP contribution >= 0.6 is 22.6 Å². The number of nitrogens with two attached hydrogens (primary N) is 1. The van der Waals surface area contributed by atoms with E-state index in [1.165, 1.54) is 26.5 Å². The van der Waals surface area contributed by atoms with Gasteiger partial charge in [0.1, 0.15) is 17.7 Å². The van der Waals surface area contributed by atoms with Crippen LogP contribution in [0.15, 0.2) is 12.1 Å². The summed E-state index contributed by atoms with van der Waals surface area (Å²) in [7, 11) is 0. The van der Waals surface area contributed by atoms with Crippen molar-refractivity contribution in [2.24, 2.45) is 0 Å². The van der Waals surface area contributed by atoms with E-state index in [1.807, 2.05) is 0 Å². The third-order valence-electron chi connectivity index (χ3n) is 4.18. The predicted molar refractivity (Wildman–Crippen MR) is 92.4 cm³/mol. The molecule has 3 nitrogen and oxygen atoms in total. The first-order valence-corrected chi connectivity index (χ1v) is 8.50. The van der Waals surface area contributed by atoms with Gasteiger partial charge in [0.2, 0.25) is 0 Å². The van der Waals surface area contributed by atoms with Crippen LogP contribution in [-0.4, -0.2) is 10.7 Å². The first-order valence-electron chi connectivity index (χ1n) is 7.43. The fourth-order valence-corrected chi connectivity index (χ4v) is 3.74. The van der Waals surface area contributed by atoms with E-state index >= 15 is 0 Å². The lowest BCUT2D eigenvalue weighted by Crippen LogP contribution is -2.10. The van der Waals surface area contributed by atoms with Crippen molar-refractivity contribution >= 4 is 39.3 Å². The third-order valence-corrected chi connectivity index (χ3v) is 5.31. The lowest BCUT2D eigenvalue weighted by molar-refractivity contribution is 0.228. The number of nitrogens with zero attached hydrogens (tertiary/aromatic N) is 1. The van der Waals surface area contributed by atoms with Crippen LogP contribution in [0, 0.1) is 3.57 Å². The molecule has 2 N–H and O–H groups in total. The van der Waals surface area contributed by atoms with Crippen LogP contribution in [0.3, 0.4) is 0 Å². The van der Waals surface area contributed by atoms with E-state index in [4.69, 9.17) is 10.5 Å². The number of benzene rings is 1. The molecule has 0 saturated carbocycles. The van der Waals surface area contributed by atoms with Gasteiger partial charge in [-0.2, -0.15) is 0 Å². The van der Waals surface area contributed by atoms with Crippen LogP contribution in [0.4, 0.5) is 5.82 Å². The molecule has 3 rings (SSSR count). The van der Waals surface area contributed by atoms with Crippen molar-refractivity contribution < 1.29 is 4.74 Å². The van der Waals surface area contributed by atoms with Crippen molar-refractivity contribution in [2.75, 3.05) is 5.73 Å². The second-order valence-electron chi connectivity index (χ2n) is 5.50. The van der Waals surface area contributed by atoms with Gasteiger partial charge in [-0.3, -0.25) is 0 Å². The molecule has 0 fully saturated rings. The Morgan fingerprint density at radius 1 is 1.40 bits per heavy atom. The van der Waals surface area contributed by atoms with Crippen LogP contribution < -0.4 is 10.5 Å². The van der Waals surface area contributed by atoms with Crippen molar-refractivity contribution in [3.63, 3.8) is 0 Å². The molecule has 1 aliphatic heterocycles. The smallest absolute Gasteiger partial charge is 0.125 e. The zero-order valence-electron chi connectivity index (χ0n) is 12.1. The molecule has 0 amide bonds. The lowest BCUT2D eigenvalue weighted by Gasteiger charge is -2.09. The summed E-state index contributed by atoms with van der Waals surface area (Å²) in [5.41, 5.74) is 8.98. The van der Waals surface area contributed by atoms with Gasteiger partial charge in [0.05, 0.1) is 9.09 Å². The minimum Gasteiger partial charge on any atom is -0.490 e. The maximum absolute atomic E-state index is 6.33. The van der Waals surface area contributed by atoms with Crippen molar-refractivity contribution in [1.82, 2.24) is 4.57 Å². The Bertz CT molecular complexity index is 648. The quantitative estimate of drug-likeness (QED) is 0.797. The minimum atomic E-state index is 0.323. The van der Waals surface area contributed by atoms with Crippen LogP contribution in [0.2, 0.25) is 0 Å². The SMILES string of the molecule is CCCCn1c(N)c(I)c2ccc3c(c21)CC(CC)O3. The summed E-state index contributed by atoms with van der Waals surface area (Å²) >= 11 is 2.37. The highest BCUT2D eigenvalue weighted by molar-refractivity contribution is 14.1. The zero-order chi connectivity index (χ0) is 14.3. The Morgan fingerprint density at radius 3 is 2.90 bits per heavy atom. The molecule has 1 atom stereocenters. The van der Waals surface area contributed by atoms with Gasteiger partial charge in [-0.25, -0.2) is 0 Å². The Morgan fingerprint density at radius 2 is 2.20 bits per heavy atom. The minimum absolute atomic E-state index is 0.323. The predicted octanol–water partition coefficient (Wildman–Crippen LogP) is 4.34. The molecular formula is C16H21IN2O. The summed E-state index contributed by atoms with van der Waals surface area (Å²) in [4.78, 5) is 0.